The minimum atomic E-state index is -0.153. The zero-order valence-corrected chi connectivity index (χ0v) is 18.6. The van der Waals surface area contributed by atoms with Crippen molar-refractivity contribution in [2.24, 2.45) is 0 Å². The van der Waals surface area contributed by atoms with E-state index < -0.39 is 0 Å². The maximum absolute atomic E-state index is 12.7. The van der Waals surface area contributed by atoms with Gasteiger partial charge in [-0.05, 0) is 85.1 Å². The van der Waals surface area contributed by atoms with Crippen LogP contribution in [-0.2, 0) is 6.42 Å². The highest BCUT2D eigenvalue weighted by atomic mass is 35.5. The summed E-state index contributed by atoms with van der Waals surface area (Å²) in [5, 5.41) is 4.71. The Hall–Kier alpha value is -3.57. The number of carbonyl (C=O) groups excluding carboxylic acids is 1. The van der Waals surface area contributed by atoms with Crippen LogP contribution >= 0.6 is 11.6 Å². The second-order valence-corrected chi connectivity index (χ2v) is 8.33. The molecule has 0 radical (unpaired) electrons. The van der Waals surface area contributed by atoms with Crippen LogP contribution in [-0.4, -0.2) is 24.5 Å². The van der Waals surface area contributed by atoms with Gasteiger partial charge in [-0.25, -0.2) is 4.98 Å². The molecule has 1 N–H and O–H groups in total. The number of carbonyl (C=O) groups is 1. The first kappa shape index (κ1) is 20.3. The van der Waals surface area contributed by atoms with Gasteiger partial charge in [0.15, 0.2) is 0 Å². The zero-order chi connectivity index (χ0) is 22.2. The number of hydrogen-bond acceptors (Lipinski definition) is 4. The Labute approximate surface area is 191 Å². The first-order chi connectivity index (χ1) is 15.5. The minimum absolute atomic E-state index is 0.153. The molecule has 0 saturated heterocycles. The second-order valence-electron chi connectivity index (χ2n) is 7.89. The predicted octanol–water partition coefficient (Wildman–Crippen LogP) is 6.15. The van der Waals surface area contributed by atoms with Crippen molar-refractivity contribution in [1.29, 1.82) is 0 Å². The van der Waals surface area contributed by atoms with Crippen molar-refractivity contribution in [3.8, 4) is 5.75 Å². The number of amides is 1. The van der Waals surface area contributed by atoms with E-state index in [1.165, 1.54) is 5.56 Å². The fourth-order valence-electron chi connectivity index (χ4n) is 4.07. The maximum Gasteiger partial charge on any atom is 0.255 e. The molecule has 0 spiro atoms. The Morgan fingerprint density at radius 3 is 2.62 bits per heavy atom. The number of hydrogen-bond donors (Lipinski definition) is 1. The lowest BCUT2D eigenvalue weighted by atomic mass is 10.1. The van der Waals surface area contributed by atoms with Crippen LogP contribution in [0.5, 0.6) is 5.75 Å². The molecule has 5 rings (SSSR count). The number of methoxy groups -OCH3 is 1. The van der Waals surface area contributed by atoms with Gasteiger partial charge in [0.05, 0.1) is 12.6 Å². The molecule has 6 heteroatoms. The van der Waals surface area contributed by atoms with Crippen LogP contribution in [0.25, 0.3) is 10.9 Å². The summed E-state index contributed by atoms with van der Waals surface area (Å²) in [5.41, 5.74) is 5.41. The molecule has 4 aromatic rings. The molecule has 0 fully saturated rings. The fourth-order valence-corrected chi connectivity index (χ4v) is 4.30. The average molecular weight is 444 g/mol. The van der Waals surface area contributed by atoms with E-state index in [0.29, 0.717) is 10.6 Å². The van der Waals surface area contributed by atoms with Crippen LogP contribution in [0, 0.1) is 6.92 Å². The number of anilines is 3. The number of halogens is 1. The quantitative estimate of drug-likeness (QED) is 0.411. The van der Waals surface area contributed by atoms with E-state index in [2.05, 4.69) is 16.3 Å². The van der Waals surface area contributed by atoms with Crippen LogP contribution in [0.15, 0.2) is 66.7 Å². The summed E-state index contributed by atoms with van der Waals surface area (Å²) in [5.74, 6) is 1.60. The second kappa shape index (κ2) is 8.17. The van der Waals surface area contributed by atoms with Gasteiger partial charge >= 0.3 is 0 Å². The van der Waals surface area contributed by atoms with Crippen molar-refractivity contribution in [2.75, 3.05) is 23.9 Å². The molecule has 1 aliphatic rings. The van der Waals surface area contributed by atoms with Crippen molar-refractivity contribution in [2.45, 2.75) is 13.3 Å². The van der Waals surface area contributed by atoms with Gasteiger partial charge in [0.1, 0.15) is 11.6 Å². The molecule has 3 aromatic carbocycles. The van der Waals surface area contributed by atoms with E-state index in [1.807, 2.05) is 61.5 Å². The molecule has 1 amide bonds. The van der Waals surface area contributed by atoms with Gasteiger partial charge in [0, 0.05) is 40.0 Å². The number of fused-ring (bicyclic) bond motifs is 2. The number of nitrogens with one attached hydrogen (secondary N) is 1. The van der Waals surface area contributed by atoms with Gasteiger partial charge in [-0.2, -0.15) is 0 Å². The SMILES string of the molecule is COc1ccc2cc3c(nc2c1)N(c1ccc(C(=O)Nc2ccc(Cl)cc2C)cc1)CC3. The normalized spacial score (nSPS) is 12.7. The number of benzene rings is 3. The summed E-state index contributed by atoms with van der Waals surface area (Å²) >= 11 is 6.00. The van der Waals surface area contributed by atoms with Gasteiger partial charge in [-0.15, -0.1) is 0 Å². The Morgan fingerprint density at radius 2 is 1.88 bits per heavy atom. The fraction of sp³-hybridized carbons (Fsp3) is 0.154. The summed E-state index contributed by atoms with van der Waals surface area (Å²) in [6, 6.07) is 21.2. The Morgan fingerprint density at radius 1 is 1.06 bits per heavy atom. The summed E-state index contributed by atoms with van der Waals surface area (Å²) in [6.07, 6.45) is 0.933. The van der Waals surface area contributed by atoms with Crippen LogP contribution < -0.4 is 15.0 Å². The first-order valence-electron chi connectivity index (χ1n) is 10.4. The van der Waals surface area contributed by atoms with Crippen molar-refractivity contribution < 1.29 is 9.53 Å². The molecular weight excluding hydrogens is 422 g/mol. The molecular formula is C26H22ClN3O2. The number of nitrogens with zero attached hydrogens (tertiary/aromatic N) is 2. The van der Waals surface area contributed by atoms with Gasteiger partial charge in [-0.3, -0.25) is 4.79 Å². The molecule has 1 aromatic heterocycles. The first-order valence-corrected chi connectivity index (χ1v) is 10.8. The molecule has 32 heavy (non-hydrogen) atoms. The van der Waals surface area contributed by atoms with E-state index in [4.69, 9.17) is 21.3 Å². The van der Waals surface area contributed by atoms with Gasteiger partial charge in [0.25, 0.3) is 5.91 Å². The zero-order valence-electron chi connectivity index (χ0n) is 17.9. The van der Waals surface area contributed by atoms with Gasteiger partial charge in [-0.1, -0.05) is 11.6 Å². The number of pyridine rings is 1. The Kier molecular flexibility index (Phi) is 5.19. The van der Waals surface area contributed by atoms with Crippen LogP contribution in [0.2, 0.25) is 5.02 Å². The van der Waals surface area contributed by atoms with E-state index in [1.54, 1.807) is 13.2 Å². The third kappa shape index (κ3) is 3.76. The summed E-state index contributed by atoms with van der Waals surface area (Å²) < 4.78 is 5.35. The van der Waals surface area contributed by atoms with E-state index in [0.717, 1.165) is 52.4 Å². The molecule has 0 saturated carbocycles. The Balaban J connectivity index is 1.39. The molecule has 0 unspecified atom stereocenters. The van der Waals surface area contributed by atoms with Crippen LogP contribution in [0.1, 0.15) is 21.5 Å². The average Bonchev–Trinajstić information content (AvgIpc) is 3.21. The molecule has 160 valence electrons. The van der Waals surface area contributed by atoms with Gasteiger partial charge in [0.2, 0.25) is 0 Å². The summed E-state index contributed by atoms with van der Waals surface area (Å²) in [4.78, 5) is 19.8. The van der Waals surface area contributed by atoms with Crippen LogP contribution in [0.4, 0.5) is 17.2 Å². The highest BCUT2D eigenvalue weighted by Crippen LogP contribution is 2.35. The largest absolute Gasteiger partial charge is 0.497 e. The van der Waals surface area contributed by atoms with E-state index in [-0.39, 0.29) is 5.91 Å². The van der Waals surface area contributed by atoms with Crippen molar-refractivity contribution in [3.05, 3.63) is 88.4 Å². The third-order valence-corrected chi connectivity index (χ3v) is 6.05. The van der Waals surface area contributed by atoms with Crippen LogP contribution in [0.3, 0.4) is 0 Å². The van der Waals surface area contributed by atoms with E-state index in [9.17, 15) is 4.79 Å². The smallest absolute Gasteiger partial charge is 0.255 e. The summed E-state index contributed by atoms with van der Waals surface area (Å²) in [7, 11) is 1.66. The van der Waals surface area contributed by atoms with Gasteiger partial charge < -0.3 is 15.0 Å². The minimum Gasteiger partial charge on any atom is -0.497 e. The highest BCUT2D eigenvalue weighted by Gasteiger charge is 2.23. The lowest BCUT2D eigenvalue weighted by Crippen LogP contribution is -2.16. The van der Waals surface area contributed by atoms with Crippen molar-refractivity contribution in [3.63, 3.8) is 0 Å². The lowest BCUT2D eigenvalue weighted by Gasteiger charge is -2.19. The number of aromatic nitrogens is 1. The topological polar surface area (TPSA) is 54.5 Å². The summed E-state index contributed by atoms with van der Waals surface area (Å²) in [6.45, 7) is 2.77. The third-order valence-electron chi connectivity index (χ3n) is 5.82. The highest BCUT2D eigenvalue weighted by molar-refractivity contribution is 6.30. The molecule has 0 bridgehead atoms. The molecule has 5 nitrogen and oxygen atoms in total. The molecule has 0 aliphatic carbocycles. The predicted molar refractivity (Wildman–Crippen MR) is 130 cm³/mol. The van der Waals surface area contributed by atoms with E-state index >= 15 is 0 Å². The standard InChI is InChI=1S/C26H22ClN3O2/c1-16-13-20(27)6-10-23(16)29-26(31)17-3-7-21(8-4-17)30-12-11-19-14-18-5-9-22(32-2)15-24(18)28-25(19)30/h3-10,13-15H,11-12H2,1-2H3,(H,29,31). The molecule has 0 atom stereocenters. The number of rotatable bonds is 4. The Bertz CT molecular complexity index is 1340. The van der Waals surface area contributed by atoms with Crippen molar-refractivity contribution >= 4 is 45.6 Å². The maximum atomic E-state index is 12.7. The lowest BCUT2D eigenvalue weighted by molar-refractivity contribution is 0.102. The molecule has 1 aliphatic heterocycles. The van der Waals surface area contributed by atoms with Crippen molar-refractivity contribution in [1.82, 2.24) is 4.98 Å². The molecule has 2 heterocycles. The number of aryl methyl sites for hydroxylation is 1. The number of ether oxygens (including phenoxy) is 1. The monoisotopic (exact) mass is 443 g/mol.